The highest BCUT2D eigenvalue weighted by atomic mass is 32.7. The molecule has 0 spiro atoms. The zero-order valence-corrected chi connectivity index (χ0v) is 25.4. The van der Waals surface area contributed by atoms with Crippen molar-refractivity contribution < 1.29 is 50.4 Å². The van der Waals surface area contributed by atoms with Crippen molar-refractivity contribution in [2.75, 3.05) is 24.7 Å². The number of aromatic nitrogens is 8. The first kappa shape index (κ1) is 30.2. The monoisotopic (exact) mass is 694 g/mol. The SMILES string of the molecule is Nc1ncnc2c1ncn2C1OC2COP([O-])(=S)OC3C(COP(=O)(S)OC2C1F)OC([n+]1c[nH]c2c(N)ncnc21)C3F. The third-order valence-electron chi connectivity index (χ3n) is 7.22. The molecule has 5 N–H and O–H groups in total. The summed E-state index contributed by atoms with van der Waals surface area (Å²) in [5, 5.41) is 0. The fourth-order valence-electron chi connectivity index (χ4n) is 5.22. The summed E-state index contributed by atoms with van der Waals surface area (Å²) in [6, 6.07) is 0. The average Bonchev–Trinajstić information content (AvgIpc) is 3.73. The van der Waals surface area contributed by atoms with Crippen LogP contribution in [0.25, 0.3) is 22.3 Å². The topological polar surface area (TPSA) is 237 Å². The van der Waals surface area contributed by atoms with E-state index >= 15 is 8.78 Å². The number of nitrogen functional groups attached to an aromatic ring is 2. The molecule has 3 fully saturated rings. The van der Waals surface area contributed by atoms with Crippen LogP contribution in [0.3, 0.4) is 0 Å². The number of imidazole rings is 2. The molecule has 4 aromatic heterocycles. The minimum Gasteiger partial charge on any atom is -0.780 e. The lowest BCUT2D eigenvalue weighted by atomic mass is 10.1. The number of fused-ring (bicyclic) bond motifs is 4. The smallest absolute Gasteiger partial charge is 0.386 e. The predicted molar refractivity (Wildman–Crippen MR) is 148 cm³/mol. The van der Waals surface area contributed by atoms with Gasteiger partial charge in [-0.15, -0.1) is 0 Å². The Morgan fingerprint density at radius 3 is 2.55 bits per heavy atom. The summed E-state index contributed by atoms with van der Waals surface area (Å²) in [5.41, 5.74) is 12.5. The summed E-state index contributed by atoms with van der Waals surface area (Å²) in [6.07, 6.45) is -8.02. The third kappa shape index (κ3) is 5.26. The third-order valence-corrected chi connectivity index (χ3v) is 10.4. The number of rotatable bonds is 2. The second-order valence-corrected chi connectivity index (χ2v) is 15.5. The number of halogens is 2. The first-order valence-corrected chi connectivity index (χ1v) is 18.0. The van der Waals surface area contributed by atoms with Crippen molar-refractivity contribution in [1.29, 1.82) is 0 Å². The highest BCUT2D eigenvalue weighted by Gasteiger charge is 2.54. The van der Waals surface area contributed by atoms with E-state index in [0.29, 0.717) is 5.52 Å². The van der Waals surface area contributed by atoms with Gasteiger partial charge in [0.25, 0.3) is 0 Å². The van der Waals surface area contributed by atoms with Crippen LogP contribution in [0.1, 0.15) is 12.5 Å². The van der Waals surface area contributed by atoms with Gasteiger partial charge in [0.15, 0.2) is 48.5 Å². The van der Waals surface area contributed by atoms with Crippen molar-refractivity contribution in [3.8, 4) is 0 Å². The molecular weight excluding hydrogens is 672 g/mol. The van der Waals surface area contributed by atoms with Gasteiger partial charge in [0.05, 0.1) is 19.5 Å². The number of thiol groups is 1. The van der Waals surface area contributed by atoms with E-state index < -0.39 is 75.9 Å². The lowest BCUT2D eigenvalue weighted by molar-refractivity contribution is -0.743. The molecule has 24 heteroatoms. The van der Waals surface area contributed by atoms with Gasteiger partial charge < -0.3 is 34.9 Å². The van der Waals surface area contributed by atoms with Gasteiger partial charge in [-0.25, -0.2) is 32.9 Å². The van der Waals surface area contributed by atoms with Gasteiger partial charge in [0.1, 0.15) is 43.0 Å². The Hall–Kier alpha value is -2.49. The van der Waals surface area contributed by atoms with Crippen molar-refractivity contribution in [2.45, 2.75) is 49.2 Å². The van der Waals surface area contributed by atoms with E-state index in [4.69, 9.17) is 50.8 Å². The van der Waals surface area contributed by atoms with Gasteiger partial charge in [-0.1, -0.05) is 29.0 Å². The molecule has 7 heterocycles. The molecule has 44 heavy (non-hydrogen) atoms. The van der Waals surface area contributed by atoms with E-state index in [-0.39, 0.29) is 28.4 Å². The van der Waals surface area contributed by atoms with E-state index in [2.05, 4.69) is 42.2 Å². The fourth-order valence-corrected chi connectivity index (χ4v) is 8.13. The second kappa shape index (κ2) is 11.1. The van der Waals surface area contributed by atoms with Crippen LogP contribution in [0.15, 0.2) is 25.3 Å². The number of ether oxygens (including phenoxy) is 2. The van der Waals surface area contributed by atoms with Crippen molar-refractivity contribution in [2.24, 2.45) is 0 Å². The van der Waals surface area contributed by atoms with Crippen LogP contribution in [-0.2, 0) is 43.9 Å². The van der Waals surface area contributed by atoms with Crippen molar-refractivity contribution in [3.05, 3.63) is 25.3 Å². The minimum absolute atomic E-state index is 0.0485. The summed E-state index contributed by atoms with van der Waals surface area (Å²) in [6.45, 7) is -10.2. The molecule has 4 aromatic rings. The lowest BCUT2D eigenvalue weighted by Crippen LogP contribution is -2.44. The molecule has 3 saturated heterocycles. The molecule has 10 unspecified atom stereocenters. The Bertz CT molecular complexity index is 1710. The molecule has 236 valence electrons. The maximum Gasteiger partial charge on any atom is 0.386 e. The number of H-pyrrole nitrogens is 1. The van der Waals surface area contributed by atoms with Gasteiger partial charge in [0.2, 0.25) is 11.7 Å². The van der Waals surface area contributed by atoms with Crippen LogP contribution in [0, 0.1) is 0 Å². The van der Waals surface area contributed by atoms with Crippen molar-refractivity contribution in [3.63, 3.8) is 0 Å². The van der Waals surface area contributed by atoms with Crippen molar-refractivity contribution in [1.82, 2.24) is 34.5 Å². The Labute approximate surface area is 255 Å². The van der Waals surface area contributed by atoms with Gasteiger partial charge in [-0.3, -0.25) is 18.6 Å². The summed E-state index contributed by atoms with van der Waals surface area (Å²) in [4.78, 5) is 36.1. The Morgan fingerprint density at radius 2 is 1.73 bits per heavy atom. The molecule has 10 atom stereocenters. The van der Waals surface area contributed by atoms with Crippen LogP contribution >= 0.6 is 25.8 Å². The molecule has 0 aromatic carbocycles. The van der Waals surface area contributed by atoms with E-state index in [0.717, 1.165) is 6.33 Å². The summed E-state index contributed by atoms with van der Waals surface area (Å²) in [7, 11) is 0. The molecule has 0 radical (unpaired) electrons. The molecule has 0 amide bonds. The Balaban J connectivity index is 1.17. The standard InChI is InChI=1S/C20H22F2N10O8P2S2/c21-9-13-7(37-19(9)31-5-29-11-15(23)25-3-27-17(11)31)1-35-41(33,43)40-14-8(2-36-42(34,44)39-13)38-20(10(14)22)32-6-30-12-16(24)26-4-28-18(12)32/h3-10,13-14,19-20H,1-2H2,(H6,23,24,25,26,27,28,33,34,43,44). The number of nitrogens with two attached hydrogens (primary N) is 2. The first-order valence-electron chi connectivity index (χ1n) is 12.7. The van der Waals surface area contributed by atoms with Gasteiger partial charge >= 0.3 is 12.4 Å². The summed E-state index contributed by atoms with van der Waals surface area (Å²) < 4.78 is 81.1. The quantitative estimate of drug-likeness (QED) is 0.124. The first-order chi connectivity index (χ1) is 20.9. The number of anilines is 2. The summed E-state index contributed by atoms with van der Waals surface area (Å²) in [5.74, 6) is 0.150. The van der Waals surface area contributed by atoms with Crippen LogP contribution < -0.4 is 20.9 Å². The largest absolute Gasteiger partial charge is 0.780 e. The van der Waals surface area contributed by atoms with Crippen LogP contribution in [0.4, 0.5) is 20.4 Å². The molecule has 7 rings (SSSR count). The van der Waals surface area contributed by atoms with Crippen LogP contribution in [0.5, 0.6) is 0 Å². The number of alkyl halides is 2. The number of aromatic amines is 1. The number of nitrogens with one attached hydrogen (secondary N) is 1. The average molecular weight is 695 g/mol. The van der Waals surface area contributed by atoms with E-state index in [9.17, 15) is 9.46 Å². The van der Waals surface area contributed by atoms with Gasteiger partial charge in [0, 0.05) is 0 Å². The lowest BCUT2D eigenvalue weighted by Gasteiger charge is -2.34. The van der Waals surface area contributed by atoms with E-state index in [1.807, 2.05) is 0 Å². The second-order valence-electron chi connectivity index (χ2n) is 9.89. The molecular formula is C20H22F2N10O8P2S2. The zero-order chi connectivity index (χ0) is 31.0. The van der Waals surface area contributed by atoms with Crippen LogP contribution in [0.2, 0.25) is 0 Å². The Kier molecular flexibility index (Phi) is 7.61. The van der Waals surface area contributed by atoms with Crippen molar-refractivity contribution >= 4 is 71.5 Å². The van der Waals surface area contributed by atoms with Gasteiger partial charge in [-0.05, 0) is 0 Å². The summed E-state index contributed by atoms with van der Waals surface area (Å²) >= 11 is 9.04. The van der Waals surface area contributed by atoms with E-state index in [1.165, 1.54) is 28.1 Å². The molecule has 0 aliphatic carbocycles. The highest BCUT2D eigenvalue weighted by molar-refractivity contribution is 8.44. The number of hydrogen-bond donors (Lipinski definition) is 4. The van der Waals surface area contributed by atoms with Gasteiger partial charge in [-0.2, -0.15) is 4.98 Å². The molecule has 18 nitrogen and oxygen atoms in total. The normalized spacial score (nSPS) is 38.3. The molecule has 0 bridgehead atoms. The fraction of sp³-hybridized carbons (Fsp3) is 0.500. The Morgan fingerprint density at radius 1 is 1.02 bits per heavy atom. The number of hydrogen-bond acceptors (Lipinski definition) is 16. The van der Waals surface area contributed by atoms with Crippen LogP contribution in [-0.4, -0.2) is 84.4 Å². The number of nitrogens with zero attached hydrogens (tertiary/aromatic N) is 7. The predicted octanol–water partition coefficient (Wildman–Crippen LogP) is 0.161. The zero-order valence-electron chi connectivity index (χ0n) is 21.9. The molecule has 3 aliphatic heterocycles. The molecule has 0 saturated carbocycles. The maximum atomic E-state index is 16.0. The van der Waals surface area contributed by atoms with E-state index in [1.54, 1.807) is 0 Å². The highest BCUT2D eigenvalue weighted by Crippen LogP contribution is 2.58. The minimum atomic E-state index is -4.49. The molecule has 3 aliphatic rings. The maximum absolute atomic E-state index is 16.0.